The standard InChI is InChI=1S/C9H16N2O/c1-5-11-8(4)6-10-9(11)12-7(2)3/h6-7H,5H2,1-4H3. The lowest BCUT2D eigenvalue weighted by Gasteiger charge is -2.10. The van der Waals surface area contributed by atoms with E-state index in [9.17, 15) is 0 Å². The quantitative estimate of drug-likeness (QED) is 0.690. The summed E-state index contributed by atoms with van der Waals surface area (Å²) in [5.74, 6) is 0. The summed E-state index contributed by atoms with van der Waals surface area (Å²) in [5, 5.41) is 0. The third-order valence-corrected chi connectivity index (χ3v) is 1.68. The van der Waals surface area contributed by atoms with Gasteiger partial charge >= 0.3 is 0 Å². The molecule has 1 aromatic heterocycles. The zero-order chi connectivity index (χ0) is 9.14. The summed E-state index contributed by atoms with van der Waals surface area (Å²) in [6.45, 7) is 9.04. The Morgan fingerprint density at radius 3 is 2.75 bits per heavy atom. The Balaban J connectivity index is 2.84. The predicted octanol–water partition coefficient (Wildman–Crippen LogP) is 2.00. The monoisotopic (exact) mass is 168 g/mol. The average molecular weight is 168 g/mol. The number of nitrogens with zero attached hydrogens (tertiary/aromatic N) is 2. The van der Waals surface area contributed by atoms with Crippen molar-refractivity contribution in [1.29, 1.82) is 0 Å². The molecule has 0 saturated heterocycles. The number of aromatic nitrogens is 2. The van der Waals surface area contributed by atoms with Gasteiger partial charge in [-0.05, 0) is 27.7 Å². The summed E-state index contributed by atoms with van der Waals surface area (Å²) < 4.78 is 7.56. The van der Waals surface area contributed by atoms with E-state index in [1.807, 2.05) is 27.0 Å². The van der Waals surface area contributed by atoms with Crippen molar-refractivity contribution in [3.8, 4) is 6.01 Å². The highest BCUT2D eigenvalue weighted by atomic mass is 16.5. The second-order valence-electron chi connectivity index (χ2n) is 3.09. The third-order valence-electron chi connectivity index (χ3n) is 1.68. The molecule has 0 aliphatic heterocycles. The van der Waals surface area contributed by atoms with E-state index in [2.05, 4.69) is 16.5 Å². The molecule has 0 radical (unpaired) electrons. The van der Waals surface area contributed by atoms with E-state index in [0.717, 1.165) is 18.2 Å². The molecule has 1 heterocycles. The molecule has 1 aromatic rings. The molecule has 0 aliphatic carbocycles. The van der Waals surface area contributed by atoms with E-state index in [1.165, 1.54) is 0 Å². The molecule has 12 heavy (non-hydrogen) atoms. The van der Waals surface area contributed by atoms with Crippen LogP contribution in [0.2, 0.25) is 0 Å². The van der Waals surface area contributed by atoms with Crippen LogP contribution in [0.4, 0.5) is 0 Å². The van der Waals surface area contributed by atoms with Crippen molar-refractivity contribution in [2.45, 2.75) is 40.3 Å². The number of aryl methyl sites for hydroxylation is 1. The lowest BCUT2D eigenvalue weighted by atomic mass is 10.5. The van der Waals surface area contributed by atoms with Crippen LogP contribution in [0.3, 0.4) is 0 Å². The number of rotatable bonds is 3. The van der Waals surface area contributed by atoms with Crippen molar-refractivity contribution in [2.75, 3.05) is 0 Å². The van der Waals surface area contributed by atoms with Crippen LogP contribution in [0.1, 0.15) is 26.5 Å². The summed E-state index contributed by atoms with van der Waals surface area (Å²) in [6.07, 6.45) is 2.03. The van der Waals surface area contributed by atoms with Gasteiger partial charge in [-0.15, -0.1) is 0 Å². The summed E-state index contributed by atoms with van der Waals surface area (Å²) >= 11 is 0. The highest BCUT2D eigenvalue weighted by Gasteiger charge is 2.06. The van der Waals surface area contributed by atoms with Crippen LogP contribution in [0.25, 0.3) is 0 Å². The lowest BCUT2D eigenvalue weighted by Crippen LogP contribution is -2.11. The predicted molar refractivity (Wildman–Crippen MR) is 48.4 cm³/mol. The van der Waals surface area contributed by atoms with Crippen LogP contribution >= 0.6 is 0 Å². The fraction of sp³-hybridized carbons (Fsp3) is 0.667. The third kappa shape index (κ3) is 1.78. The first-order valence-corrected chi connectivity index (χ1v) is 4.34. The van der Waals surface area contributed by atoms with Gasteiger partial charge in [-0.1, -0.05) is 0 Å². The van der Waals surface area contributed by atoms with Gasteiger partial charge in [0.2, 0.25) is 0 Å². The van der Waals surface area contributed by atoms with Gasteiger partial charge in [-0.2, -0.15) is 0 Å². The molecular formula is C9H16N2O. The molecule has 0 atom stereocenters. The van der Waals surface area contributed by atoms with Crippen LogP contribution in [-0.4, -0.2) is 15.7 Å². The molecule has 0 spiro atoms. The van der Waals surface area contributed by atoms with Gasteiger partial charge in [0.15, 0.2) is 0 Å². The van der Waals surface area contributed by atoms with Gasteiger partial charge in [0.1, 0.15) is 0 Å². The van der Waals surface area contributed by atoms with Gasteiger partial charge in [0, 0.05) is 12.2 Å². The van der Waals surface area contributed by atoms with Crippen molar-refractivity contribution in [1.82, 2.24) is 9.55 Å². The van der Waals surface area contributed by atoms with Gasteiger partial charge in [0.25, 0.3) is 6.01 Å². The van der Waals surface area contributed by atoms with Crippen LogP contribution in [0, 0.1) is 6.92 Å². The number of ether oxygens (including phenoxy) is 1. The van der Waals surface area contributed by atoms with Gasteiger partial charge in [-0.25, -0.2) is 4.98 Å². The van der Waals surface area contributed by atoms with Crippen LogP contribution in [-0.2, 0) is 6.54 Å². The minimum atomic E-state index is 0.192. The molecule has 0 amide bonds. The molecule has 0 saturated carbocycles. The van der Waals surface area contributed by atoms with Crippen LogP contribution in [0.5, 0.6) is 6.01 Å². The number of hydrogen-bond acceptors (Lipinski definition) is 2. The van der Waals surface area contributed by atoms with Crippen molar-refractivity contribution in [3.05, 3.63) is 11.9 Å². The van der Waals surface area contributed by atoms with Gasteiger partial charge in [-0.3, -0.25) is 4.57 Å². The second kappa shape index (κ2) is 3.61. The van der Waals surface area contributed by atoms with E-state index in [-0.39, 0.29) is 6.10 Å². The van der Waals surface area contributed by atoms with E-state index < -0.39 is 0 Å². The fourth-order valence-electron chi connectivity index (χ4n) is 1.13. The Bertz CT molecular complexity index is 253. The molecule has 68 valence electrons. The second-order valence-corrected chi connectivity index (χ2v) is 3.09. The van der Waals surface area contributed by atoms with Crippen LogP contribution in [0.15, 0.2) is 6.20 Å². The highest BCUT2D eigenvalue weighted by Crippen LogP contribution is 2.13. The Labute approximate surface area is 73.4 Å². The number of imidazole rings is 1. The maximum absolute atomic E-state index is 5.51. The molecule has 0 N–H and O–H groups in total. The minimum Gasteiger partial charge on any atom is -0.462 e. The summed E-state index contributed by atoms with van der Waals surface area (Å²) in [5.41, 5.74) is 1.15. The van der Waals surface area contributed by atoms with E-state index in [1.54, 1.807) is 0 Å². The van der Waals surface area contributed by atoms with E-state index in [4.69, 9.17) is 4.74 Å². The Morgan fingerprint density at radius 2 is 2.25 bits per heavy atom. The maximum Gasteiger partial charge on any atom is 0.296 e. The Morgan fingerprint density at radius 1 is 1.58 bits per heavy atom. The van der Waals surface area contributed by atoms with Crippen LogP contribution < -0.4 is 4.74 Å². The van der Waals surface area contributed by atoms with Crippen molar-refractivity contribution in [2.24, 2.45) is 0 Å². The fourth-order valence-corrected chi connectivity index (χ4v) is 1.13. The zero-order valence-corrected chi connectivity index (χ0v) is 8.16. The molecule has 0 fully saturated rings. The minimum absolute atomic E-state index is 0.192. The molecule has 0 bridgehead atoms. The van der Waals surface area contributed by atoms with Crippen molar-refractivity contribution >= 4 is 0 Å². The topological polar surface area (TPSA) is 27.1 Å². The molecule has 1 rings (SSSR count). The van der Waals surface area contributed by atoms with Crippen molar-refractivity contribution < 1.29 is 4.74 Å². The van der Waals surface area contributed by atoms with Gasteiger partial charge < -0.3 is 4.74 Å². The Hall–Kier alpha value is -0.990. The first kappa shape index (κ1) is 9.10. The van der Waals surface area contributed by atoms with E-state index >= 15 is 0 Å². The largest absolute Gasteiger partial charge is 0.462 e. The molecule has 3 heteroatoms. The molecule has 0 aliphatic rings. The average Bonchev–Trinajstić information content (AvgIpc) is 2.30. The summed E-state index contributed by atoms with van der Waals surface area (Å²) in [7, 11) is 0. The van der Waals surface area contributed by atoms with E-state index in [0.29, 0.717) is 0 Å². The Kier molecular flexibility index (Phi) is 2.74. The first-order valence-electron chi connectivity index (χ1n) is 4.34. The maximum atomic E-state index is 5.51. The summed E-state index contributed by atoms with van der Waals surface area (Å²) in [6, 6.07) is 0.727. The lowest BCUT2D eigenvalue weighted by molar-refractivity contribution is 0.212. The molecular weight excluding hydrogens is 152 g/mol. The molecule has 0 unspecified atom stereocenters. The zero-order valence-electron chi connectivity index (χ0n) is 8.16. The number of hydrogen-bond donors (Lipinski definition) is 0. The molecule has 3 nitrogen and oxygen atoms in total. The highest BCUT2D eigenvalue weighted by molar-refractivity contribution is 5.07. The van der Waals surface area contributed by atoms with Gasteiger partial charge in [0.05, 0.1) is 12.3 Å². The molecule has 0 aromatic carbocycles. The smallest absolute Gasteiger partial charge is 0.296 e. The summed E-state index contributed by atoms with van der Waals surface area (Å²) in [4.78, 5) is 4.17. The SMILES string of the molecule is CCn1c(C)cnc1OC(C)C. The normalized spacial score (nSPS) is 10.8. The first-order chi connectivity index (χ1) is 5.65. The van der Waals surface area contributed by atoms with Crippen molar-refractivity contribution in [3.63, 3.8) is 0 Å².